The van der Waals surface area contributed by atoms with Gasteiger partial charge in [0.15, 0.2) is 5.17 Å². The topological polar surface area (TPSA) is 68.2 Å². The molecule has 2 aliphatic heterocycles. The number of carbonyl (C=O) groups excluding carboxylic acids is 2. The van der Waals surface area contributed by atoms with Crippen LogP contribution in [0, 0.1) is 0 Å². The van der Waals surface area contributed by atoms with Crippen molar-refractivity contribution >= 4 is 40.1 Å². The van der Waals surface area contributed by atoms with Gasteiger partial charge in [-0.15, -0.1) is 11.3 Å². The van der Waals surface area contributed by atoms with Gasteiger partial charge in [-0.3, -0.25) is 9.69 Å². The van der Waals surface area contributed by atoms with Gasteiger partial charge in [0.1, 0.15) is 12.6 Å². The Bertz CT molecular complexity index is 697. The Kier molecular flexibility index (Phi) is 5.37. The predicted octanol–water partition coefficient (Wildman–Crippen LogP) is 2.59. The summed E-state index contributed by atoms with van der Waals surface area (Å²) in [6.07, 6.45) is 0.441. The van der Waals surface area contributed by atoms with Crippen LogP contribution in [0.3, 0.4) is 0 Å². The van der Waals surface area contributed by atoms with Crippen LogP contribution in [0.4, 0.5) is 0 Å². The Hall–Kier alpha value is -1.64. The van der Waals surface area contributed by atoms with Crippen molar-refractivity contribution in [2.45, 2.75) is 19.4 Å². The highest BCUT2D eigenvalue weighted by Gasteiger charge is 2.42. The summed E-state index contributed by atoms with van der Waals surface area (Å²) in [5, 5.41) is 2.60. The molecule has 1 amide bonds. The number of allylic oxidation sites excluding steroid dienone is 1. The minimum absolute atomic E-state index is 0.0133. The fraction of sp³-hybridized carbons (Fsp3) is 0.438. The number of rotatable bonds is 5. The zero-order chi connectivity index (χ0) is 17.1. The van der Waals surface area contributed by atoms with Crippen LogP contribution in [0.15, 0.2) is 33.8 Å². The number of aliphatic imine (C=N–C) groups is 1. The number of amidine groups is 1. The summed E-state index contributed by atoms with van der Waals surface area (Å²) in [5.41, 5.74) is 1.03. The Morgan fingerprint density at radius 3 is 3.00 bits per heavy atom. The third kappa shape index (κ3) is 3.26. The molecular weight excluding hydrogens is 348 g/mol. The molecule has 0 radical (unpaired) electrons. The fourth-order valence-electron chi connectivity index (χ4n) is 2.67. The largest absolute Gasteiger partial charge is 0.460 e. The van der Waals surface area contributed by atoms with Gasteiger partial charge in [-0.25, -0.2) is 9.79 Å². The summed E-state index contributed by atoms with van der Waals surface area (Å²) >= 11 is 3.06. The standard InChI is InChI=1S/C16H18N2O4S2/c1-10-13(15(20)22-7-6-21-2)14(11-4-3-8-23-11)18-12(19)5-9-24-16(18)17-10/h3-4,8,14H,5-7,9H2,1-2H3/t14-/m1/s1. The average molecular weight is 366 g/mol. The van der Waals surface area contributed by atoms with Gasteiger partial charge < -0.3 is 9.47 Å². The summed E-state index contributed by atoms with van der Waals surface area (Å²) in [5.74, 6) is 0.251. The molecule has 0 aliphatic carbocycles. The molecule has 1 aromatic rings. The Balaban J connectivity index is 2.00. The van der Waals surface area contributed by atoms with Gasteiger partial charge in [-0.05, 0) is 18.4 Å². The van der Waals surface area contributed by atoms with Gasteiger partial charge in [0.2, 0.25) is 5.91 Å². The number of hydrogen-bond acceptors (Lipinski definition) is 7. The summed E-state index contributed by atoms with van der Waals surface area (Å²) < 4.78 is 10.2. The molecule has 1 atom stereocenters. The Labute approximate surface area is 148 Å². The highest BCUT2D eigenvalue weighted by atomic mass is 32.2. The van der Waals surface area contributed by atoms with Gasteiger partial charge >= 0.3 is 5.97 Å². The van der Waals surface area contributed by atoms with Crippen LogP contribution in [-0.4, -0.2) is 48.0 Å². The SMILES string of the molecule is COCCOC(=O)C1=C(C)N=C2SCCC(=O)N2[C@@H]1c1cccs1. The van der Waals surface area contributed by atoms with E-state index in [1.54, 1.807) is 30.7 Å². The van der Waals surface area contributed by atoms with Crippen molar-refractivity contribution in [3.63, 3.8) is 0 Å². The summed E-state index contributed by atoms with van der Waals surface area (Å²) in [7, 11) is 1.55. The second kappa shape index (κ2) is 7.50. The number of thiophene rings is 1. The molecule has 0 bridgehead atoms. The van der Waals surface area contributed by atoms with Gasteiger partial charge in [0.05, 0.1) is 17.9 Å². The molecule has 6 nitrogen and oxygen atoms in total. The maximum atomic E-state index is 12.6. The number of carbonyl (C=O) groups is 2. The Morgan fingerprint density at radius 2 is 2.29 bits per heavy atom. The predicted molar refractivity (Wildman–Crippen MR) is 94.0 cm³/mol. The first kappa shape index (κ1) is 17.2. The van der Waals surface area contributed by atoms with Crippen LogP contribution < -0.4 is 0 Å². The molecule has 24 heavy (non-hydrogen) atoms. The van der Waals surface area contributed by atoms with E-state index in [2.05, 4.69) is 4.99 Å². The minimum atomic E-state index is -0.465. The molecule has 0 N–H and O–H groups in total. The first-order valence-electron chi connectivity index (χ1n) is 7.57. The number of ether oxygens (including phenoxy) is 2. The molecule has 2 aliphatic rings. The second-order valence-corrected chi connectivity index (χ2v) is 7.34. The van der Waals surface area contributed by atoms with Crippen LogP contribution in [-0.2, 0) is 19.1 Å². The van der Waals surface area contributed by atoms with E-state index in [1.165, 1.54) is 11.3 Å². The molecule has 0 saturated carbocycles. The average Bonchev–Trinajstić information content (AvgIpc) is 3.08. The molecule has 8 heteroatoms. The molecule has 1 fully saturated rings. The van der Waals surface area contributed by atoms with Crippen LogP contribution in [0.25, 0.3) is 0 Å². The van der Waals surface area contributed by atoms with Crippen molar-refractivity contribution in [1.29, 1.82) is 0 Å². The molecule has 3 rings (SSSR count). The lowest BCUT2D eigenvalue weighted by Crippen LogP contribution is -2.45. The molecule has 0 unspecified atom stereocenters. The minimum Gasteiger partial charge on any atom is -0.460 e. The highest BCUT2D eigenvalue weighted by Crippen LogP contribution is 2.41. The van der Waals surface area contributed by atoms with E-state index in [1.807, 2.05) is 17.5 Å². The van der Waals surface area contributed by atoms with Crippen LogP contribution in [0.5, 0.6) is 0 Å². The van der Waals surface area contributed by atoms with Crippen molar-refractivity contribution < 1.29 is 19.1 Å². The molecule has 0 aromatic carbocycles. The van der Waals surface area contributed by atoms with Crippen molar-refractivity contribution in [2.75, 3.05) is 26.1 Å². The van der Waals surface area contributed by atoms with Crippen molar-refractivity contribution in [3.8, 4) is 0 Å². The van der Waals surface area contributed by atoms with E-state index in [9.17, 15) is 9.59 Å². The maximum Gasteiger partial charge on any atom is 0.338 e. The van der Waals surface area contributed by atoms with E-state index in [0.717, 1.165) is 4.88 Å². The quantitative estimate of drug-likeness (QED) is 0.592. The van der Waals surface area contributed by atoms with Crippen molar-refractivity contribution in [3.05, 3.63) is 33.7 Å². The zero-order valence-electron chi connectivity index (χ0n) is 13.5. The third-order valence-electron chi connectivity index (χ3n) is 3.76. The highest BCUT2D eigenvalue weighted by molar-refractivity contribution is 8.14. The summed E-state index contributed by atoms with van der Waals surface area (Å²) in [6, 6.07) is 3.38. The second-order valence-electron chi connectivity index (χ2n) is 5.30. The monoisotopic (exact) mass is 366 g/mol. The van der Waals surface area contributed by atoms with Crippen molar-refractivity contribution in [1.82, 2.24) is 4.90 Å². The zero-order valence-corrected chi connectivity index (χ0v) is 15.1. The van der Waals surface area contributed by atoms with E-state index in [0.29, 0.717) is 35.2 Å². The molecule has 1 aromatic heterocycles. The van der Waals surface area contributed by atoms with Crippen molar-refractivity contribution in [2.24, 2.45) is 4.99 Å². The van der Waals surface area contributed by atoms with Gasteiger partial charge in [-0.2, -0.15) is 0 Å². The van der Waals surface area contributed by atoms with E-state index < -0.39 is 12.0 Å². The number of nitrogens with zero attached hydrogens (tertiary/aromatic N) is 2. The number of hydrogen-bond donors (Lipinski definition) is 0. The summed E-state index contributed by atoms with van der Waals surface area (Å²) in [4.78, 5) is 32.2. The maximum absolute atomic E-state index is 12.6. The first-order chi connectivity index (χ1) is 11.6. The normalized spacial score (nSPS) is 20.8. The smallest absolute Gasteiger partial charge is 0.338 e. The molecule has 3 heterocycles. The lowest BCUT2D eigenvalue weighted by Gasteiger charge is -2.38. The first-order valence-corrected chi connectivity index (χ1v) is 9.43. The van der Waals surface area contributed by atoms with Crippen LogP contribution >= 0.6 is 23.1 Å². The van der Waals surface area contributed by atoms with E-state index in [4.69, 9.17) is 9.47 Å². The molecule has 128 valence electrons. The number of amides is 1. The van der Waals surface area contributed by atoms with Gasteiger partial charge in [0, 0.05) is 24.2 Å². The third-order valence-corrected chi connectivity index (χ3v) is 5.64. The fourth-order valence-corrected chi connectivity index (χ4v) is 4.50. The van der Waals surface area contributed by atoms with E-state index >= 15 is 0 Å². The number of fused-ring (bicyclic) bond motifs is 1. The molecule has 1 saturated heterocycles. The van der Waals surface area contributed by atoms with Crippen LogP contribution in [0.2, 0.25) is 0 Å². The molecule has 0 spiro atoms. The number of thioether (sulfide) groups is 1. The van der Waals surface area contributed by atoms with Crippen LogP contribution in [0.1, 0.15) is 24.3 Å². The number of esters is 1. The lowest BCUT2D eigenvalue weighted by atomic mass is 10.00. The lowest BCUT2D eigenvalue weighted by molar-refractivity contribution is -0.141. The Morgan fingerprint density at radius 1 is 1.46 bits per heavy atom. The summed E-state index contributed by atoms with van der Waals surface area (Å²) in [6.45, 7) is 2.29. The molecular formula is C16H18N2O4S2. The number of methoxy groups -OCH3 is 1. The van der Waals surface area contributed by atoms with Gasteiger partial charge in [0.25, 0.3) is 0 Å². The van der Waals surface area contributed by atoms with Gasteiger partial charge in [-0.1, -0.05) is 17.8 Å². The van der Waals surface area contributed by atoms with E-state index in [-0.39, 0.29) is 12.5 Å².